The summed E-state index contributed by atoms with van der Waals surface area (Å²) in [6, 6.07) is 0.767. The summed E-state index contributed by atoms with van der Waals surface area (Å²) in [6.45, 7) is 2.45. The largest absolute Gasteiger partial charge is 0.390 e. The van der Waals surface area contributed by atoms with E-state index in [9.17, 15) is 5.11 Å². The fraction of sp³-hybridized carbons (Fsp3) is 1.00. The highest BCUT2D eigenvalue weighted by Gasteiger charge is 2.54. The van der Waals surface area contributed by atoms with Crippen LogP contribution in [0.5, 0.6) is 0 Å². The van der Waals surface area contributed by atoms with Crippen LogP contribution in [-0.4, -0.2) is 70.0 Å². The zero-order valence-electron chi connectivity index (χ0n) is 16.0. The lowest BCUT2D eigenvalue weighted by atomic mass is 9.62. The number of hydrogen-bond acceptors (Lipinski definition) is 4. The number of hydrogen-bond donors (Lipinski definition) is 2. The van der Waals surface area contributed by atoms with Crippen molar-refractivity contribution in [2.24, 2.45) is 23.7 Å². The zero-order chi connectivity index (χ0) is 17.6. The summed E-state index contributed by atoms with van der Waals surface area (Å²) in [7, 11) is 5.45. The van der Waals surface area contributed by atoms with Crippen LogP contribution in [0.2, 0.25) is 0 Å². The third-order valence-electron chi connectivity index (χ3n) is 8.11. The summed E-state index contributed by atoms with van der Waals surface area (Å²) in [5.74, 6) is 2.83. The molecule has 2 saturated carbocycles. The molecule has 25 heavy (non-hydrogen) atoms. The van der Waals surface area contributed by atoms with Crippen molar-refractivity contribution in [2.45, 2.75) is 69.0 Å². The van der Waals surface area contributed by atoms with Crippen molar-refractivity contribution in [1.29, 1.82) is 0 Å². The fourth-order valence-electron chi connectivity index (χ4n) is 6.87. The van der Waals surface area contributed by atoms with Crippen molar-refractivity contribution in [3.8, 4) is 0 Å². The first kappa shape index (κ1) is 18.2. The fourth-order valence-corrected chi connectivity index (χ4v) is 6.87. The summed E-state index contributed by atoms with van der Waals surface area (Å²) in [5, 5.41) is 10.3. The van der Waals surface area contributed by atoms with Crippen molar-refractivity contribution in [3.63, 3.8) is 0 Å². The van der Waals surface area contributed by atoms with Gasteiger partial charge in [0.15, 0.2) is 0 Å². The van der Waals surface area contributed by atoms with Gasteiger partial charge in [0.2, 0.25) is 0 Å². The average Bonchev–Trinajstić information content (AvgIpc) is 2.65. The molecule has 0 spiro atoms. The van der Waals surface area contributed by atoms with E-state index < -0.39 is 0 Å². The van der Waals surface area contributed by atoms with E-state index in [0.29, 0.717) is 5.92 Å². The summed E-state index contributed by atoms with van der Waals surface area (Å²) >= 11 is 0. The highest BCUT2D eigenvalue weighted by Crippen LogP contribution is 2.43. The number of fused-ring (bicyclic) bond motifs is 4. The van der Waals surface area contributed by atoms with Gasteiger partial charge < -0.3 is 24.2 Å². The molecule has 10 atom stereocenters. The Kier molecular flexibility index (Phi) is 5.40. The minimum atomic E-state index is -0.269. The van der Waals surface area contributed by atoms with Crippen LogP contribution in [0.25, 0.3) is 0 Å². The number of piperidine rings is 2. The van der Waals surface area contributed by atoms with Crippen LogP contribution in [0.15, 0.2) is 0 Å². The minimum Gasteiger partial charge on any atom is -0.390 e. The Bertz CT molecular complexity index is 461. The van der Waals surface area contributed by atoms with Gasteiger partial charge in [0.05, 0.1) is 43.5 Å². The molecule has 2 saturated heterocycles. The van der Waals surface area contributed by atoms with E-state index in [2.05, 4.69) is 0 Å². The zero-order valence-corrected chi connectivity index (χ0v) is 16.0. The number of methoxy groups -OCH3 is 3. The Labute approximate surface area is 152 Å². The van der Waals surface area contributed by atoms with Crippen molar-refractivity contribution in [2.75, 3.05) is 34.4 Å². The van der Waals surface area contributed by atoms with Gasteiger partial charge in [0.1, 0.15) is 0 Å². The number of quaternary nitrogens is 1. The Morgan fingerprint density at radius 2 is 1.52 bits per heavy atom. The van der Waals surface area contributed by atoms with Gasteiger partial charge in [-0.25, -0.2) is 0 Å². The van der Waals surface area contributed by atoms with Gasteiger partial charge in [0.25, 0.3) is 0 Å². The van der Waals surface area contributed by atoms with Gasteiger partial charge in [-0.2, -0.15) is 0 Å². The molecule has 144 valence electrons. The molecule has 0 aromatic heterocycles. The summed E-state index contributed by atoms with van der Waals surface area (Å²) < 4.78 is 17.2. The number of rotatable bonds is 3. The van der Waals surface area contributed by atoms with E-state index in [1.807, 2.05) is 14.2 Å². The maximum atomic E-state index is 10.3. The van der Waals surface area contributed by atoms with Crippen LogP contribution in [0, 0.1) is 23.7 Å². The van der Waals surface area contributed by atoms with Gasteiger partial charge in [-0.1, -0.05) is 0 Å². The van der Waals surface area contributed by atoms with E-state index >= 15 is 0 Å². The van der Waals surface area contributed by atoms with Crippen LogP contribution in [0.4, 0.5) is 0 Å². The smallest absolute Gasteiger partial charge is 0.0914 e. The third-order valence-corrected chi connectivity index (χ3v) is 8.11. The van der Waals surface area contributed by atoms with E-state index in [1.54, 1.807) is 12.0 Å². The molecule has 4 aliphatic rings. The van der Waals surface area contributed by atoms with Gasteiger partial charge in [-0.3, -0.25) is 0 Å². The Morgan fingerprint density at radius 1 is 0.800 bits per heavy atom. The van der Waals surface area contributed by atoms with E-state index in [4.69, 9.17) is 14.2 Å². The maximum Gasteiger partial charge on any atom is 0.0914 e. The van der Waals surface area contributed by atoms with Crippen LogP contribution < -0.4 is 4.90 Å². The first-order valence-corrected chi connectivity index (χ1v) is 10.3. The predicted octanol–water partition coefficient (Wildman–Crippen LogP) is 0.506. The highest BCUT2D eigenvalue weighted by molar-refractivity contribution is 4.97. The topological polar surface area (TPSA) is 52.4 Å². The monoisotopic (exact) mass is 354 g/mol. The maximum absolute atomic E-state index is 10.3. The standard InChI is InChI=1S/C20H35NO4/c1-23-18-9-13-6-7-21-11-15-12(4-5-17(22)20(15)25-3)8-16(21)14(13)10-19(18)24-2/h12-20,22H,4-11H2,1-3H3/p+1. The minimum absolute atomic E-state index is 0.0425. The van der Waals surface area contributed by atoms with Crippen LogP contribution >= 0.6 is 0 Å². The van der Waals surface area contributed by atoms with Crippen molar-refractivity contribution < 1.29 is 24.2 Å². The molecular formula is C20H36NO4+. The van der Waals surface area contributed by atoms with Crippen LogP contribution in [0.1, 0.15) is 38.5 Å². The molecule has 0 radical (unpaired) electrons. The molecular weight excluding hydrogens is 318 g/mol. The number of nitrogens with one attached hydrogen (secondary N) is 1. The summed E-state index contributed by atoms with van der Waals surface area (Å²) in [4.78, 5) is 1.77. The molecule has 10 unspecified atom stereocenters. The Balaban J connectivity index is 1.50. The lowest BCUT2D eigenvalue weighted by Gasteiger charge is -2.55. The molecule has 0 bridgehead atoms. The third kappa shape index (κ3) is 3.16. The van der Waals surface area contributed by atoms with Crippen molar-refractivity contribution in [3.05, 3.63) is 0 Å². The molecule has 2 heterocycles. The molecule has 2 aliphatic carbocycles. The number of ether oxygens (including phenoxy) is 3. The molecule has 2 aliphatic heterocycles. The number of aliphatic hydroxyl groups is 1. The second kappa shape index (κ2) is 7.43. The molecule has 4 rings (SSSR count). The molecule has 5 heteroatoms. The van der Waals surface area contributed by atoms with E-state index in [1.165, 1.54) is 32.4 Å². The molecule has 0 aromatic rings. The Hall–Kier alpha value is -0.200. The second-order valence-electron chi connectivity index (χ2n) is 8.96. The predicted molar refractivity (Wildman–Crippen MR) is 94.5 cm³/mol. The number of aliphatic hydroxyl groups excluding tert-OH is 1. The second-order valence-corrected chi connectivity index (χ2v) is 8.96. The highest BCUT2D eigenvalue weighted by atomic mass is 16.5. The van der Waals surface area contributed by atoms with Crippen molar-refractivity contribution in [1.82, 2.24) is 0 Å². The molecule has 2 N–H and O–H groups in total. The summed E-state index contributed by atoms with van der Waals surface area (Å²) in [5.41, 5.74) is 0. The SMILES string of the molecule is COC1CC2CC[NH+]3CC4C(CCC(O)C4OC)CC3C2CC1OC. The molecule has 0 aromatic carbocycles. The molecule has 0 amide bonds. The van der Waals surface area contributed by atoms with Gasteiger partial charge in [0, 0.05) is 39.6 Å². The van der Waals surface area contributed by atoms with Crippen LogP contribution in [0.3, 0.4) is 0 Å². The van der Waals surface area contributed by atoms with E-state index in [-0.39, 0.29) is 24.4 Å². The summed E-state index contributed by atoms with van der Waals surface area (Å²) in [6.07, 6.45) is 7.31. The van der Waals surface area contributed by atoms with E-state index in [0.717, 1.165) is 43.1 Å². The Morgan fingerprint density at radius 3 is 2.24 bits per heavy atom. The van der Waals surface area contributed by atoms with Gasteiger partial charge in [-0.05, 0) is 43.9 Å². The lowest BCUT2D eigenvalue weighted by Crippen LogP contribution is -3.20. The average molecular weight is 355 g/mol. The molecule has 5 nitrogen and oxygen atoms in total. The van der Waals surface area contributed by atoms with Crippen molar-refractivity contribution >= 4 is 0 Å². The normalized spacial score (nSPS) is 52.8. The first-order chi connectivity index (χ1) is 12.2. The van der Waals surface area contributed by atoms with Gasteiger partial charge in [-0.15, -0.1) is 0 Å². The quantitative estimate of drug-likeness (QED) is 0.775. The lowest BCUT2D eigenvalue weighted by molar-refractivity contribution is -0.948. The molecule has 4 fully saturated rings. The van der Waals surface area contributed by atoms with Crippen LogP contribution in [-0.2, 0) is 14.2 Å². The first-order valence-electron chi connectivity index (χ1n) is 10.3. The van der Waals surface area contributed by atoms with Gasteiger partial charge >= 0.3 is 0 Å².